The summed E-state index contributed by atoms with van der Waals surface area (Å²) in [5, 5.41) is 8.85. The maximum Gasteiger partial charge on any atom is 0.306 e. The predicted octanol–water partition coefficient (Wildman–Crippen LogP) is 1.97. The van der Waals surface area contributed by atoms with Crippen molar-refractivity contribution in [2.24, 2.45) is 11.8 Å². The van der Waals surface area contributed by atoms with Crippen LogP contribution in [0, 0.1) is 11.8 Å². The van der Waals surface area contributed by atoms with E-state index in [2.05, 4.69) is 18.7 Å². The van der Waals surface area contributed by atoms with E-state index in [0.29, 0.717) is 12.1 Å². The zero-order valence-electron chi connectivity index (χ0n) is 9.65. The van der Waals surface area contributed by atoms with Gasteiger partial charge >= 0.3 is 5.97 Å². The summed E-state index contributed by atoms with van der Waals surface area (Å²) in [5.41, 5.74) is 0. The summed E-state index contributed by atoms with van der Waals surface area (Å²) in [4.78, 5) is 13.3. The Balaban J connectivity index is 1.87. The molecule has 2 unspecified atom stereocenters. The number of nitrogens with zero attached hydrogens (tertiary/aromatic N) is 1. The zero-order valence-corrected chi connectivity index (χ0v) is 9.65. The van der Waals surface area contributed by atoms with Crippen LogP contribution < -0.4 is 0 Å². The first-order valence-electron chi connectivity index (χ1n) is 6.08. The average Bonchev–Trinajstić information content (AvgIpc) is 2.09. The van der Waals surface area contributed by atoms with Crippen molar-refractivity contribution >= 4 is 5.97 Å². The van der Waals surface area contributed by atoms with E-state index in [1.807, 2.05) is 0 Å². The minimum absolute atomic E-state index is 0.0700. The fourth-order valence-electron chi connectivity index (χ4n) is 2.94. The Kier molecular flexibility index (Phi) is 3.01. The normalized spacial score (nSPS) is 42.3. The quantitative estimate of drug-likeness (QED) is 0.759. The highest BCUT2D eigenvalue weighted by Gasteiger charge is 2.41. The van der Waals surface area contributed by atoms with Gasteiger partial charge in [0.25, 0.3) is 0 Å². The second kappa shape index (κ2) is 4.12. The summed E-state index contributed by atoms with van der Waals surface area (Å²) in [5.74, 6) is 0.0889. The smallest absolute Gasteiger partial charge is 0.306 e. The molecule has 0 spiro atoms. The van der Waals surface area contributed by atoms with Crippen LogP contribution >= 0.6 is 0 Å². The molecule has 1 saturated heterocycles. The molecular formula is C12H21NO2. The third kappa shape index (κ3) is 2.03. The lowest BCUT2D eigenvalue weighted by Gasteiger charge is -2.48. The maximum absolute atomic E-state index is 10.7. The lowest BCUT2D eigenvalue weighted by Crippen LogP contribution is -2.54. The van der Waals surface area contributed by atoms with Gasteiger partial charge in [0.05, 0.1) is 5.92 Å². The highest BCUT2D eigenvalue weighted by atomic mass is 16.4. The van der Waals surface area contributed by atoms with Gasteiger partial charge < -0.3 is 5.11 Å². The number of carbonyl (C=O) groups is 1. The van der Waals surface area contributed by atoms with Gasteiger partial charge in [0, 0.05) is 12.1 Å². The Hall–Kier alpha value is -0.570. The van der Waals surface area contributed by atoms with Gasteiger partial charge in [-0.2, -0.15) is 0 Å². The van der Waals surface area contributed by atoms with Crippen molar-refractivity contribution in [2.45, 2.75) is 51.6 Å². The van der Waals surface area contributed by atoms with Gasteiger partial charge in [-0.1, -0.05) is 6.92 Å². The van der Waals surface area contributed by atoms with Crippen LogP contribution in [-0.4, -0.2) is 34.6 Å². The fourth-order valence-corrected chi connectivity index (χ4v) is 2.94. The molecule has 1 heterocycles. The number of rotatable bonds is 2. The number of hydrogen-bond acceptors (Lipinski definition) is 2. The molecule has 3 heteroatoms. The van der Waals surface area contributed by atoms with E-state index in [-0.39, 0.29) is 5.92 Å². The Morgan fingerprint density at radius 1 is 1.33 bits per heavy atom. The van der Waals surface area contributed by atoms with Crippen LogP contribution in [-0.2, 0) is 4.79 Å². The number of piperidine rings is 1. The van der Waals surface area contributed by atoms with E-state index in [0.717, 1.165) is 18.8 Å². The van der Waals surface area contributed by atoms with Gasteiger partial charge in [0.1, 0.15) is 0 Å². The van der Waals surface area contributed by atoms with Crippen LogP contribution in [0.1, 0.15) is 39.5 Å². The second-order valence-corrected chi connectivity index (χ2v) is 5.26. The van der Waals surface area contributed by atoms with Crippen LogP contribution in [0.15, 0.2) is 0 Å². The number of likely N-dealkylation sites (tertiary alicyclic amines) is 1. The van der Waals surface area contributed by atoms with E-state index in [1.54, 1.807) is 0 Å². The van der Waals surface area contributed by atoms with Gasteiger partial charge in [-0.25, -0.2) is 0 Å². The van der Waals surface area contributed by atoms with Crippen LogP contribution in [0.5, 0.6) is 0 Å². The maximum atomic E-state index is 10.7. The van der Waals surface area contributed by atoms with Gasteiger partial charge in [-0.05, 0) is 45.1 Å². The van der Waals surface area contributed by atoms with E-state index >= 15 is 0 Å². The third-order valence-electron chi connectivity index (χ3n) is 4.35. The van der Waals surface area contributed by atoms with Crippen molar-refractivity contribution in [1.29, 1.82) is 0 Å². The summed E-state index contributed by atoms with van der Waals surface area (Å²) in [6.45, 7) is 5.77. The van der Waals surface area contributed by atoms with Gasteiger partial charge in [-0.15, -0.1) is 0 Å². The molecule has 3 nitrogen and oxygen atoms in total. The van der Waals surface area contributed by atoms with Crippen molar-refractivity contribution in [2.75, 3.05) is 6.54 Å². The molecule has 1 saturated carbocycles. The van der Waals surface area contributed by atoms with Gasteiger partial charge in [0.2, 0.25) is 0 Å². The molecule has 1 N–H and O–H groups in total. The van der Waals surface area contributed by atoms with E-state index in [1.165, 1.54) is 19.4 Å². The average molecular weight is 211 g/mol. The molecule has 2 rings (SSSR count). The van der Waals surface area contributed by atoms with Gasteiger partial charge in [-0.3, -0.25) is 9.69 Å². The topological polar surface area (TPSA) is 40.5 Å². The lowest BCUT2D eigenvalue weighted by molar-refractivity contribution is -0.148. The molecule has 2 atom stereocenters. The number of carboxylic acids is 1. The number of carboxylic acid groups (broad SMARTS) is 1. The Labute approximate surface area is 91.5 Å². The first kappa shape index (κ1) is 10.9. The monoisotopic (exact) mass is 211 g/mol. The molecule has 0 bridgehead atoms. The first-order valence-corrected chi connectivity index (χ1v) is 6.08. The molecule has 0 aromatic heterocycles. The van der Waals surface area contributed by atoms with E-state index in [4.69, 9.17) is 5.11 Å². The highest BCUT2D eigenvalue weighted by Crippen LogP contribution is 2.36. The molecule has 2 fully saturated rings. The van der Waals surface area contributed by atoms with Crippen molar-refractivity contribution in [1.82, 2.24) is 4.90 Å². The van der Waals surface area contributed by atoms with Crippen LogP contribution in [0.25, 0.3) is 0 Å². The Bertz CT molecular complexity index is 248. The lowest BCUT2D eigenvalue weighted by atomic mass is 9.77. The van der Waals surface area contributed by atoms with E-state index < -0.39 is 5.97 Å². The summed E-state index contributed by atoms with van der Waals surface area (Å²) < 4.78 is 0. The number of hydrogen-bond donors (Lipinski definition) is 1. The minimum Gasteiger partial charge on any atom is -0.481 e. The van der Waals surface area contributed by atoms with Crippen molar-refractivity contribution in [3.8, 4) is 0 Å². The van der Waals surface area contributed by atoms with Crippen molar-refractivity contribution in [3.63, 3.8) is 0 Å². The molecule has 0 amide bonds. The molecule has 86 valence electrons. The standard InChI is InChI=1S/C12H21NO2/c1-8-4-3-5-13(9(8)2)11-6-10(7-11)12(14)15/h8-11H,3-7H2,1-2H3,(H,14,15). The summed E-state index contributed by atoms with van der Waals surface area (Å²) in [6.07, 6.45) is 4.34. The molecule has 1 aliphatic carbocycles. The number of aliphatic carboxylic acids is 1. The van der Waals surface area contributed by atoms with Gasteiger partial charge in [0.15, 0.2) is 0 Å². The third-order valence-corrected chi connectivity index (χ3v) is 4.35. The molecule has 15 heavy (non-hydrogen) atoms. The van der Waals surface area contributed by atoms with Crippen molar-refractivity contribution in [3.05, 3.63) is 0 Å². The largest absolute Gasteiger partial charge is 0.481 e. The van der Waals surface area contributed by atoms with Crippen LogP contribution in [0.4, 0.5) is 0 Å². The highest BCUT2D eigenvalue weighted by molar-refractivity contribution is 5.71. The SMILES string of the molecule is CC1CCCN(C2CC(C(=O)O)C2)C1C. The van der Waals surface area contributed by atoms with Crippen LogP contribution in [0.2, 0.25) is 0 Å². The summed E-state index contributed by atoms with van der Waals surface area (Å²) in [7, 11) is 0. The zero-order chi connectivity index (χ0) is 11.0. The Morgan fingerprint density at radius 3 is 2.60 bits per heavy atom. The Morgan fingerprint density at radius 2 is 2.00 bits per heavy atom. The first-order chi connectivity index (χ1) is 7.09. The molecular weight excluding hydrogens is 190 g/mol. The molecule has 2 aliphatic rings. The molecule has 0 radical (unpaired) electrons. The second-order valence-electron chi connectivity index (χ2n) is 5.26. The van der Waals surface area contributed by atoms with E-state index in [9.17, 15) is 4.79 Å². The predicted molar refractivity (Wildman–Crippen MR) is 58.7 cm³/mol. The molecule has 0 aromatic rings. The van der Waals surface area contributed by atoms with Crippen LogP contribution in [0.3, 0.4) is 0 Å². The fraction of sp³-hybridized carbons (Fsp3) is 0.917. The summed E-state index contributed by atoms with van der Waals surface area (Å²) >= 11 is 0. The molecule has 0 aromatic carbocycles. The van der Waals surface area contributed by atoms with Crippen molar-refractivity contribution < 1.29 is 9.90 Å². The summed E-state index contributed by atoms with van der Waals surface area (Å²) in [6, 6.07) is 1.18. The minimum atomic E-state index is -0.607. The molecule has 1 aliphatic heterocycles.